The highest BCUT2D eigenvalue weighted by Gasteiger charge is 2.12. The van der Waals surface area contributed by atoms with Gasteiger partial charge in [-0.15, -0.1) is 5.10 Å². The van der Waals surface area contributed by atoms with Crippen LogP contribution in [0.25, 0.3) is 16.7 Å². The lowest BCUT2D eigenvalue weighted by Gasteiger charge is -1.98. The van der Waals surface area contributed by atoms with E-state index in [1.165, 1.54) is 0 Å². The van der Waals surface area contributed by atoms with Crippen molar-refractivity contribution in [2.75, 3.05) is 5.73 Å². The van der Waals surface area contributed by atoms with E-state index in [2.05, 4.69) is 60.5 Å². The van der Waals surface area contributed by atoms with Gasteiger partial charge in [0.25, 0.3) is 0 Å². The van der Waals surface area contributed by atoms with Gasteiger partial charge in [0.1, 0.15) is 0 Å². The molecular weight excluding hydrogens is 422 g/mol. The van der Waals surface area contributed by atoms with E-state index in [0.717, 1.165) is 16.7 Å². The normalized spacial score (nSPS) is 11.6. The fourth-order valence-electron chi connectivity index (χ4n) is 1.46. The molecule has 0 fully saturated rings. The van der Waals surface area contributed by atoms with Crippen LogP contribution in [0.3, 0.4) is 0 Å². The number of halogens is 2. The molecule has 0 bridgehead atoms. The first-order valence-electron chi connectivity index (χ1n) is 4.02. The van der Waals surface area contributed by atoms with Gasteiger partial charge in [-0.25, -0.2) is 4.98 Å². The molecule has 0 aliphatic heterocycles. The molecule has 3 rings (SSSR count). The van der Waals surface area contributed by atoms with Crippen molar-refractivity contribution in [2.24, 2.45) is 0 Å². The van der Waals surface area contributed by atoms with Crippen LogP contribution in [0.15, 0.2) is 12.3 Å². The average Bonchev–Trinajstić information content (AvgIpc) is 2.71. The van der Waals surface area contributed by atoms with Crippen molar-refractivity contribution < 1.29 is 0 Å². The number of hydrogen-bond acceptors (Lipinski definition) is 4. The fraction of sp³-hybridized carbons (Fsp3) is 0. The van der Waals surface area contributed by atoms with E-state index in [0.29, 0.717) is 9.78 Å². The third-order valence-corrected chi connectivity index (χ3v) is 3.31. The SMILES string of the molecule is Nc1nc2c(ccn2I)c2nc(I)nn12. The Bertz CT molecular complexity index is 669. The number of nitrogens with two attached hydrogens (primary N) is 1. The molecule has 0 radical (unpaired) electrons. The summed E-state index contributed by atoms with van der Waals surface area (Å²) in [5.74, 6) is 0.351. The smallest absolute Gasteiger partial charge is 0.225 e. The molecule has 6 nitrogen and oxygen atoms in total. The molecule has 3 heterocycles. The van der Waals surface area contributed by atoms with Crippen LogP contribution in [0.5, 0.6) is 0 Å². The monoisotopic (exact) mass is 426 g/mol. The topological polar surface area (TPSA) is 74.0 Å². The van der Waals surface area contributed by atoms with Gasteiger partial charge in [0.2, 0.25) is 9.78 Å². The highest BCUT2D eigenvalue weighted by atomic mass is 127. The molecule has 3 aromatic rings. The summed E-state index contributed by atoms with van der Waals surface area (Å²) in [4.78, 5) is 8.58. The molecule has 15 heavy (non-hydrogen) atoms. The molecular formula is C7H4I2N6. The quantitative estimate of drug-likeness (QED) is 0.553. The number of anilines is 1. The van der Waals surface area contributed by atoms with E-state index in [-0.39, 0.29) is 0 Å². The van der Waals surface area contributed by atoms with Crippen LogP contribution in [0.1, 0.15) is 0 Å². The van der Waals surface area contributed by atoms with Crippen molar-refractivity contribution >= 4 is 68.1 Å². The molecule has 0 amide bonds. The summed E-state index contributed by atoms with van der Waals surface area (Å²) in [5, 5.41) is 5.12. The van der Waals surface area contributed by atoms with Crippen molar-refractivity contribution in [3.63, 3.8) is 0 Å². The van der Waals surface area contributed by atoms with Crippen molar-refractivity contribution in [2.45, 2.75) is 0 Å². The number of hydrogen-bond donors (Lipinski definition) is 1. The predicted molar refractivity (Wildman–Crippen MR) is 72.8 cm³/mol. The Morgan fingerprint density at radius 1 is 1.27 bits per heavy atom. The summed E-state index contributed by atoms with van der Waals surface area (Å²) in [7, 11) is 0. The summed E-state index contributed by atoms with van der Waals surface area (Å²) < 4.78 is 4.10. The summed E-state index contributed by atoms with van der Waals surface area (Å²) in [5.41, 5.74) is 7.35. The largest absolute Gasteiger partial charge is 0.368 e. The molecule has 3 aromatic heterocycles. The first-order valence-corrected chi connectivity index (χ1v) is 6.06. The third kappa shape index (κ3) is 1.30. The van der Waals surface area contributed by atoms with Crippen molar-refractivity contribution in [1.82, 2.24) is 22.4 Å². The summed E-state index contributed by atoms with van der Waals surface area (Å²) in [6.07, 6.45) is 1.92. The van der Waals surface area contributed by atoms with Crippen molar-refractivity contribution in [3.05, 3.63) is 16.1 Å². The second kappa shape index (κ2) is 3.17. The van der Waals surface area contributed by atoms with Crippen LogP contribution >= 0.6 is 45.5 Å². The van der Waals surface area contributed by atoms with E-state index in [1.54, 1.807) is 4.52 Å². The maximum atomic E-state index is 5.79. The maximum Gasteiger partial charge on any atom is 0.225 e. The van der Waals surface area contributed by atoms with Crippen LogP contribution in [0.4, 0.5) is 5.95 Å². The molecule has 0 unspecified atom stereocenters. The van der Waals surface area contributed by atoms with Gasteiger partial charge in [-0.2, -0.15) is 9.50 Å². The average molecular weight is 426 g/mol. The number of rotatable bonds is 0. The van der Waals surface area contributed by atoms with Gasteiger partial charge in [-0.1, -0.05) is 0 Å². The van der Waals surface area contributed by atoms with Gasteiger partial charge in [0.05, 0.1) is 28.3 Å². The lowest BCUT2D eigenvalue weighted by molar-refractivity contribution is 0.933. The first kappa shape index (κ1) is 9.57. The molecule has 0 saturated heterocycles. The minimum Gasteiger partial charge on any atom is -0.368 e. The van der Waals surface area contributed by atoms with E-state index in [4.69, 9.17) is 5.73 Å². The predicted octanol–water partition coefficient (Wildman–Crippen LogP) is 1.46. The molecule has 8 heteroatoms. The molecule has 0 atom stereocenters. The Balaban J connectivity index is 2.63. The van der Waals surface area contributed by atoms with Gasteiger partial charge in [-0.05, 0) is 6.07 Å². The zero-order chi connectivity index (χ0) is 10.6. The highest BCUT2D eigenvalue weighted by Crippen LogP contribution is 2.22. The zero-order valence-electron chi connectivity index (χ0n) is 7.22. The van der Waals surface area contributed by atoms with Gasteiger partial charge >= 0.3 is 0 Å². The minimum atomic E-state index is 0.351. The Hall–Kier alpha value is -0.650. The lowest BCUT2D eigenvalue weighted by Crippen LogP contribution is -2.02. The Labute approximate surface area is 111 Å². The van der Waals surface area contributed by atoms with Crippen LogP contribution in [0, 0.1) is 3.83 Å². The van der Waals surface area contributed by atoms with E-state index in [9.17, 15) is 0 Å². The van der Waals surface area contributed by atoms with E-state index >= 15 is 0 Å². The Morgan fingerprint density at radius 3 is 2.87 bits per heavy atom. The molecule has 0 saturated carbocycles. The minimum absolute atomic E-state index is 0.351. The molecule has 0 aromatic carbocycles. The number of aromatic nitrogens is 5. The Kier molecular flexibility index (Phi) is 2.02. The number of nitrogen functional groups attached to an aromatic ring is 1. The van der Waals surface area contributed by atoms with Crippen molar-refractivity contribution in [3.8, 4) is 0 Å². The summed E-state index contributed by atoms with van der Waals surface area (Å²) >= 11 is 4.20. The van der Waals surface area contributed by atoms with Crippen LogP contribution in [0.2, 0.25) is 0 Å². The maximum absolute atomic E-state index is 5.79. The van der Waals surface area contributed by atoms with E-state index in [1.807, 2.05) is 15.0 Å². The summed E-state index contributed by atoms with van der Waals surface area (Å²) in [6.45, 7) is 0. The van der Waals surface area contributed by atoms with Crippen molar-refractivity contribution in [1.29, 1.82) is 0 Å². The van der Waals surface area contributed by atoms with Gasteiger partial charge in [0.15, 0.2) is 11.3 Å². The molecule has 0 spiro atoms. The second-order valence-electron chi connectivity index (χ2n) is 2.95. The molecule has 76 valence electrons. The van der Waals surface area contributed by atoms with E-state index < -0.39 is 0 Å². The van der Waals surface area contributed by atoms with Gasteiger partial charge < -0.3 is 5.73 Å². The lowest BCUT2D eigenvalue weighted by atomic mass is 10.4. The fourth-order valence-corrected chi connectivity index (χ4v) is 2.43. The van der Waals surface area contributed by atoms with Crippen LogP contribution < -0.4 is 5.73 Å². The van der Waals surface area contributed by atoms with Crippen LogP contribution in [-0.4, -0.2) is 22.4 Å². The molecule has 2 N–H and O–H groups in total. The number of nitrogens with zero attached hydrogens (tertiary/aromatic N) is 5. The van der Waals surface area contributed by atoms with Crippen LogP contribution in [-0.2, 0) is 0 Å². The molecule has 0 aliphatic rings. The third-order valence-electron chi connectivity index (χ3n) is 2.07. The second-order valence-corrected chi connectivity index (χ2v) is 4.95. The first-order chi connectivity index (χ1) is 7.16. The standard InChI is InChI=1S/C7H4I2N6/c8-6-11-5-3-1-2-14(9)4(3)12-7(10)15(5)13-6/h1-2H,(H2,10,12). The van der Waals surface area contributed by atoms with Gasteiger partial charge in [-0.3, -0.25) is 2.78 Å². The highest BCUT2D eigenvalue weighted by molar-refractivity contribution is 14.1. The summed E-state index contributed by atoms with van der Waals surface area (Å²) in [6, 6.07) is 1.95. The van der Waals surface area contributed by atoms with Gasteiger partial charge in [0, 0.05) is 28.8 Å². The zero-order valence-corrected chi connectivity index (χ0v) is 11.5. The molecule has 0 aliphatic carbocycles. The number of fused-ring (bicyclic) bond motifs is 3. The Morgan fingerprint density at radius 2 is 2.07 bits per heavy atom.